The van der Waals surface area contributed by atoms with Gasteiger partial charge in [-0.05, 0) is 51.8 Å². The topological polar surface area (TPSA) is 43.4 Å². The average molecular weight is 276 g/mol. The number of pyridine rings is 1. The van der Waals surface area contributed by atoms with Gasteiger partial charge >= 0.3 is 0 Å². The summed E-state index contributed by atoms with van der Waals surface area (Å²) in [5.41, 5.74) is 1.20. The van der Waals surface area contributed by atoms with Crippen LogP contribution in [-0.2, 0) is 4.74 Å². The van der Waals surface area contributed by atoms with Gasteiger partial charge in [0.05, 0.1) is 24.5 Å². The minimum absolute atomic E-state index is 0.172. The van der Waals surface area contributed by atoms with Crippen molar-refractivity contribution in [2.24, 2.45) is 5.92 Å². The first kappa shape index (κ1) is 13.8. The highest BCUT2D eigenvalue weighted by Gasteiger charge is 2.44. The summed E-state index contributed by atoms with van der Waals surface area (Å²) < 4.78 is 11.7. The van der Waals surface area contributed by atoms with Crippen molar-refractivity contribution < 1.29 is 9.47 Å². The summed E-state index contributed by atoms with van der Waals surface area (Å²) in [6.07, 6.45) is 8.37. The van der Waals surface area contributed by atoms with Crippen molar-refractivity contribution in [1.82, 2.24) is 10.3 Å². The Kier molecular flexibility index (Phi) is 3.94. The number of rotatable bonds is 5. The van der Waals surface area contributed by atoms with Gasteiger partial charge < -0.3 is 14.8 Å². The Hall–Kier alpha value is -1.13. The summed E-state index contributed by atoms with van der Waals surface area (Å²) in [4.78, 5) is 4.33. The maximum absolute atomic E-state index is 5.99. The molecule has 3 heterocycles. The van der Waals surface area contributed by atoms with Crippen LogP contribution in [0.3, 0.4) is 0 Å². The van der Waals surface area contributed by atoms with Crippen LogP contribution in [0.4, 0.5) is 0 Å². The smallest absolute Gasteiger partial charge is 0.138 e. The highest BCUT2D eigenvalue weighted by molar-refractivity contribution is 5.27. The van der Waals surface area contributed by atoms with E-state index in [1.165, 1.54) is 18.4 Å². The van der Waals surface area contributed by atoms with Gasteiger partial charge in [0.2, 0.25) is 0 Å². The molecule has 1 aromatic heterocycles. The molecule has 0 aliphatic carbocycles. The van der Waals surface area contributed by atoms with Gasteiger partial charge in [0.1, 0.15) is 5.75 Å². The lowest BCUT2D eigenvalue weighted by Crippen LogP contribution is -2.31. The molecule has 1 N–H and O–H groups in total. The third-order valence-electron chi connectivity index (χ3n) is 4.36. The Labute approximate surface area is 120 Å². The molecule has 3 rings (SSSR count). The van der Waals surface area contributed by atoms with E-state index >= 15 is 0 Å². The van der Waals surface area contributed by atoms with Crippen molar-refractivity contribution in [2.45, 2.75) is 57.5 Å². The van der Waals surface area contributed by atoms with Crippen LogP contribution in [0.1, 0.15) is 44.7 Å². The molecule has 4 heteroatoms. The van der Waals surface area contributed by atoms with Crippen LogP contribution in [0.2, 0.25) is 0 Å². The largest absolute Gasteiger partial charge is 0.489 e. The fourth-order valence-corrected chi connectivity index (χ4v) is 3.60. The SMILES string of the molecule is CNC(c1cncc(OC(C)C)c1)C1CC2CCC1O2. The van der Waals surface area contributed by atoms with Crippen molar-refractivity contribution in [2.75, 3.05) is 7.05 Å². The van der Waals surface area contributed by atoms with Crippen LogP contribution in [0.5, 0.6) is 5.75 Å². The van der Waals surface area contributed by atoms with Crippen LogP contribution in [0.15, 0.2) is 18.5 Å². The predicted molar refractivity (Wildman–Crippen MR) is 77.8 cm³/mol. The van der Waals surface area contributed by atoms with E-state index in [4.69, 9.17) is 9.47 Å². The zero-order chi connectivity index (χ0) is 14.1. The van der Waals surface area contributed by atoms with E-state index in [-0.39, 0.29) is 6.10 Å². The summed E-state index contributed by atoms with van der Waals surface area (Å²) in [7, 11) is 2.02. The summed E-state index contributed by atoms with van der Waals surface area (Å²) >= 11 is 0. The van der Waals surface area contributed by atoms with Crippen molar-refractivity contribution in [3.8, 4) is 5.75 Å². The number of nitrogens with zero attached hydrogens (tertiary/aromatic N) is 1. The van der Waals surface area contributed by atoms with Crippen LogP contribution < -0.4 is 10.1 Å². The number of hydrogen-bond acceptors (Lipinski definition) is 4. The molecule has 0 radical (unpaired) electrons. The summed E-state index contributed by atoms with van der Waals surface area (Å²) in [6.45, 7) is 4.07. The minimum atomic E-state index is 0.172. The molecule has 0 amide bonds. The van der Waals surface area contributed by atoms with E-state index in [0.29, 0.717) is 24.2 Å². The molecule has 1 aromatic rings. The van der Waals surface area contributed by atoms with Gasteiger partial charge in [0.15, 0.2) is 0 Å². The van der Waals surface area contributed by atoms with Gasteiger partial charge in [0.25, 0.3) is 0 Å². The van der Waals surface area contributed by atoms with E-state index in [9.17, 15) is 0 Å². The Morgan fingerprint density at radius 1 is 1.35 bits per heavy atom. The van der Waals surface area contributed by atoms with Crippen molar-refractivity contribution in [3.63, 3.8) is 0 Å². The van der Waals surface area contributed by atoms with Gasteiger partial charge in [-0.25, -0.2) is 0 Å². The number of fused-ring (bicyclic) bond motifs is 2. The van der Waals surface area contributed by atoms with Crippen LogP contribution >= 0.6 is 0 Å². The fraction of sp³-hybridized carbons (Fsp3) is 0.688. The number of aromatic nitrogens is 1. The van der Waals surface area contributed by atoms with Gasteiger partial charge in [-0.2, -0.15) is 0 Å². The third kappa shape index (κ3) is 2.67. The normalized spacial score (nSPS) is 29.9. The second-order valence-corrected chi connectivity index (χ2v) is 6.16. The molecule has 0 spiro atoms. The Morgan fingerprint density at radius 2 is 2.20 bits per heavy atom. The zero-order valence-electron chi connectivity index (χ0n) is 12.5. The van der Waals surface area contributed by atoms with E-state index in [1.54, 1.807) is 6.20 Å². The lowest BCUT2D eigenvalue weighted by Gasteiger charge is -2.28. The molecule has 0 saturated carbocycles. The molecular formula is C16H24N2O2. The van der Waals surface area contributed by atoms with Crippen LogP contribution in [-0.4, -0.2) is 30.3 Å². The first-order valence-corrected chi connectivity index (χ1v) is 7.61. The Morgan fingerprint density at radius 3 is 2.80 bits per heavy atom. The molecule has 2 aliphatic heterocycles. The van der Waals surface area contributed by atoms with Crippen molar-refractivity contribution >= 4 is 0 Å². The number of nitrogens with one attached hydrogen (secondary N) is 1. The van der Waals surface area contributed by atoms with E-state index in [0.717, 1.165) is 12.2 Å². The van der Waals surface area contributed by atoms with Crippen LogP contribution in [0.25, 0.3) is 0 Å². The first-order valence-electron chi connectivity index (χ1n) is 7.61. The van der Waals surface area contributed by atoms with Crippen molar-refractivity contribution in [3.05, 3.63) is 24.0 Å². The summed E-state index contributed by atoms with van der Waals surface area (Å²) in [6, 6.07) is 2.41. The monoisotopic (exact) mass is 276 g/mol. The molecule has 2 saturated heterocycles. The highest BCUT2D eigenvalue weighted by Crippen LogP contribution is 2.44. The lowest BCUT2D eigenvalue weighted by atomic mass is 9.81. The molecule has 4 atom stereocenters. The quantitative estimate of drug-likeness (QED) is 0.898. The standard InChI is InChI=1S/C16H24N2O2/c1-10(2)19-13-6-11(8-18-9-13)16(17-3)14-7-12-4-5-15(14)20-12/h6,8-10,12,14-17H,4-5,7H2,1-3H3. The summed E-state index contributed by atoms with van der Waals surface area (Å²) in [5.74, 6) is 1.40. The van der Waals surface area contributed by atoms with Gasteiger partial charge in [-0.1, -0.05) is 0 Å². The molecule has 2 bridgehead atoms. The molecule has 4 unspecified atom stereocenters. The zero-order valence-corrected chi connectivity index (χ0v) is 12.5. The number of hydrogen-bond donors (Lipinski definition) is 1. The molecule has 110 valence electrons. The van der Waals surface area contributed by atoms with Crippen LogP contribution in [0, 0.1) is 5.92 Å². The fourth-order valence-electron chi connectivity index (χ4n) is 3.60. The Bertz CT molecular complexity index is 464. The average Bonchev–Trinajstić information content (AvgIpc) is 3.02. The highest BCUT2D eigenvalue weighted by atomic mass is 16.5. The van der Waals surface area contributed by atoms with E-state index in [1.807, 2.05) is 27.1 Å². The maximum Gasteiger partial charge on any atom is 0.138 e. The second-order valence-electron chi connectivity index (χ2n) is 6.16. The van der Waals surface area contributed by atoms with E-state index in [2.05, 4.69) is 16.4 Å². The number of ether oxygens (including phenoxy) is 2. The molecule has 20 heavy (non-hydrogen) atoms. The first-order chi connectivity index (χ1) is 9.67. The molecular weight excluding hydrogens is 252 g/mol. The molecule has 2 fully saturated rings. The Balaban J connectivity index is 1.79. The lowest BCUT2D eigenvalue weighted by molar-refractivity contribution is 0.0862. The minimum Gasteiger partial charge on any atom is -0.489 e. The van der Waals surface area contributed by atoms with Gasteiger partial charge in [-0.3, -0.25) is 4.98 Å². The molecule has 4 nitrogen and oxygen atoms in total. The second kappa shape index (κ2) is 5.70. The third-order valence-corrected chi connectivity index (χ3v) is 4.36. The molecule has 0 aromatic carbocycles. The van der Waals surface area contributed by atoms with Gasteiger partial charge in [0, 0.05) is 18.2 Å². The van der Waals surface area contributed by atoms with E-state index < -0.39 is 0 Å². The predicted octanol–water partition coefficient (Wildman–Crippen LogP) is 2.70. The summed E-state index contributed by atoms with van der Waals surface area (Å²) in [5, 5.41) is 3.45. The molecule has 2 aliphatic rings. The van der Waals surface area contributed by atoms with Crippen molar-refractivity contribution in [1.29, 1.82) is 0 Å². The van der Waals surface area contributed by atoms with Gasteiger partial charge in [-0.15, -0.1) is 0 Å². The maximum atomic E-state index is 5.99.